The summed E-state index contributed by atoms with van der Waals surface area (Å²) < 4.78 is 73.4. The standard InChI is InChI=1S/C16H18.C12H16O2.C11H13F3.C11H15NO.3C11H16.2C10H13F.C10H14/c1-16(2,3)15-11-9-14(10-12-15)13-7-5-4-6-8-13;1-12(2,3)9-5-4-6-10-11(9)14-8-7-13-10;1-10(2,3)8-5-4-6-9(7-8)11(12,13)14;1-11(2,3)9-6-4-8(5-7-9)10(12)13;3*1-9-5-7-10(8-6-9)11(2,3)4;1-10(2,3)8-4-6-9(11)7-5-8;1-10(2,3)8-5-4-6-9(11)7-8;1-10(2,3)9-7-5-4-6-8-9/h4-12H,1-3H3;4-6H,7-8H2,1-3H3;4-7H,1-3H3;4-7H,1-3H3,(H2,12,13);3*5-8H,1-4H3;2*4-7H,1-3H3;4-8H,1-3H3. The van der Waals surface area contributed by atoms with Gasteiger partial charge in [0, 0.05) is 11.1 Å². The molecule has 9 heteroatoms. The second kappa shape index (κ2) is 46.0. The summed E-state index contributed by atoms with van der Waals surface area (Å²) in [7, 11) is 0. The first-order chi connectivity index (χ1) is 55.9. The maximum absolute atomic E-state index is 12.7. The maximum atomic E-state index is 12.7. The lowest BCUT2D eigenvalue weighted by molar-refractivity contribution is -0.137. The highest BCUT2D eigenvalue weighted by Gasteiger charge is 2.32. The van der Waals surface area contributed by atoms with Crippen molar-refractivity contribution < 1.29 is 36.2 Å². The second-order valence-corrected chi connectivity index (χ2v) is 41.8. The number of rotatable bonds is 2. The van der Waals surface area contributed by atoms with E-state index in [4.69, 9.17) is 15.2 Å². The van der Waals surface area contributed by atoms with Crippen molar-refractivity contribution in [2.75, 3.05) is 13.2 Å². The lowest BCUT2D eigenvalue weighted by Gasteiger charge is -2.27. The van der Waals surface area contributed by atoms with Crippen molar-refractivity contribution in [1.29, 1.82) is 0 Å². The van der Waals surface area contributed by atoms with Gasteiger partial charge in [-0.2, -0.15) is 13.2 Å². The lowest BCUT2D eigenvalue weighted by atomic mass is 9.86. The van der Waals surface area contributed by atoms with Crippen molar-refractivity contribution in [1.82, 2.24) is 0 Å². The van der Waals surface area contributed by atoms with Crippen molar-refractivity contribution in [2.45, 2.75) is 289 Å². The molecular formula is C113H150F5NO3. The normalized spacial score (nSPS) is 12.1. The Morgan fingerprint density at radius 3 is 0.844 bits per heavy atom. The van der Waals surface area contributed by atoms with E-state index in [9.17, 15) is 26.7 Å². The summed E-state index contributed by atoms with van der Waals surface area (Å²) in [5.41, 5.74) is 25.5. The maximum Gasteiger partial charge on any atom is 0.416 e. The van der Waals surface area contributed by atoms with Gasteiger partial charge in [0.05, 0.1) is 5.56 Å². The molecule has 4 nitrogen and oxygen atoms in total. The van der Waals surface area contributed by atoms with Gasteiger partial charge in [-0.3, -0.25) is 4.79 Å². The number of carbonyl (C=O) groups excluding carboxylic acids is 1. The number of hydrogen-bond acceptors (Lipinski definition) is 3. The molecule has 0 aromatic heterocycles. The van der Waals surface area contributed by atoms with Crippen molar-refractivity contribution >= 4 is 5.91 Å². The largest absolute Gasteiger partial charge is 0.486 e. The number of halogens is 5. The smallest absolute Gasteiger partial charge is 0.416 e. The molecule has 12 rings (SSSR count). The van der Waals surface area contributed by atoms with E-state index in [1.807, 2.05) is 69.3 Å². The van der Waals surface area contributed by atoms with Gasteiger partial charge in [0.15, 0.2) is 11.5 Å². The number of nitrogens with two attached hydrogens (primary N) is 1. The molecule has 0 bridgehead atoms. The molecule has 11 aromatic carbocycles. The molecule has 1 amide bonds. The topological polar surface area (TPSA) is 61.6 Å². The summed E-state index contributed by atoms with van der Waals surface area (Å²) in [6, 6.07) is 88.5. The van der Waals surface area contributed by atoms with E-state index in [0.29, 0.717) is 29.8 Å². The van der Waals surface area contributed by atoms with Crippen LogP contribution in [0.15, 0.2) is 273 Å². The van der Waals surface area contributed by atoms with Gasteiger partial charge in [0.2, 0.25) is 5.91 Å². The van der Waals surface area contributed by atoms with E-state index >= 15 is 0 Å². The van der Waals surface area contributed by atoms with Crippen LogP contribution < -0.4 is 15.2 Å². The molecule has 1 aliphatic heterocycles. The van der Waals surface area contributed by atoms with Gasteiger partial charge in [-0.1, -0.05) is 449 Å². The molecule has 2 N–H and O–H groups in total. The first kappa shape index (κ1) is 106. The number of amides is 1. The van der Waals surface area contributed by atoms with E-state index in [2.05, 4.69) is 365 Å². The summed E-state index contributed by atoms with van der Waals surface area (Å²) in [4.78, 5) is 10.8. The number of fused-ring (bicyclic) bond motifs is 1. The Labute approximate surface area is 736 Å². The van der Waals surface area contributed by atoms with Crippen LogP contribution in [0.25, 0.3) is 11.1 Å². The number of para-hydroxylation sites is 1. The van der Waals surface area contributed by atoms with Crippen LogP contribution >= 0.6 is 0 Å². The highest BCUT2D eigenvalue weighted by Crippen LogP contribution is 2.40. The van der Waals surface area contributed by atoms with Crippen LogP contribution in [0, 0.1) is 32.4 Å². The van der Waals surface area contributed by atoms with Gasteiger partial charge in [0.25, 0.3) is 0 Å². The second-order valence-electron chi connectivity index (χ2n) is 41.8. The van der Waals surface area contributed by atoms with Crippen molar-refractivity contribution in [3.05, 3.63) is 368 Å². The minimum atomic E-state index is -4.25. The predicted molar refractivity (Wildman–Crippen MR) is 515 cm³/mol. The Morgan fingerprint density at radius 2 is 0.533 bits per heavy atom. The first-order valence-corrected chi connectivity index (χ1v) is 42.8. The fraction of sp³-hybridized carbons (Fsp3) is 0.407. The summed E-state index contributed by atoms with van der Waals surface area (Å²) in [6.45, 7) is 72.3. The Kier molecular flexibility index (Phi) is 40.1. The predicted octanol–water partition coefficient (Wildman–Crippen LogP) is 32.6. The molecule has 11 aromatic rings. The number of carbonyl (C=O) groups is 1. The van der Waals surface area contributed by atoms with Crippen LogP contribution in [0.1, 0.15) is 296 Å². The molecule has 660 valence electrons. The van der Waals surface area contributed by atoms with Crippen molar-refractivity contribution in [2.24, 2.45) is 5.73 Å². The molecule has 0 unspecified atom stereocenters. The number of ether oxygens (including phenoxy) is 2. The summed E-state index contributed by atoms with van der Waals surface area (Å²) in [6.07, 6.45) is -4.25. The van der Waals surface area contributed by atoms with E-state index in [1.54, 1.807) is 30.3 Å². The molecule has 0 saturated carbocycles. The molecule has 0 fully saturated rings. The van der Waals surface area contributed by atoms with Crippen molar-refractivity contribution in [3.63, 3.8) is 0 Å². The molecular weight excluding hydrogens is 1510 g/mol. The first-order valence-electron chi connectivity index (χ1n) is 42.8. The van der Waals surface area contributed by atoms with Gasteiger partial charge in [0.1, 0.15) is 24.8 Å². The fourth-order valence-electron chi connectivity index (χ4n) is 11.8. The molecule has 122 heavy (non-hydrogen) atoms. The minimum absolute atomic E-state index is 0.0437. The van der Waals surface area contributed by atoms with Crippen molar-refractivity contribution in [3.8, 4) is 22.6 Å². The van der Waals surface area contributed by atoms with E-state index in [0.717, 1.165) is 23.1 Å². The van der Waals surface area contributed by atoms with Crippen LogP contribution in [0.4, 0.5) is 22.0 Å². The highest BCUT2D eigenvalue weighted by atomic mass is 19.4. The quantitative estimate of drug-likeness (QED) is 0.175. The third kappa shape index (κ3) is 40.0. The van der Waals surface area contributed by atoms with Crippen LogP contribution in [0.3, 0.4) is 0 Å². The summed E-state index contributed by atoms with van der Waals surface area (Å²) >= 11 is 0. The third-order valence-electron chi connectivity index (χ3n) is 20.1. The molecule has 0 aliphatic carbocycles. The van der Waals surface area contributed by atoms with Crippen LogP contribution in [-0.2, 0) is 60.3 Å². The zero-order valence-corrected chi connectivity index (χ0v) is 80.6. The molecule has 0 radical (unpaired) electrons. The summed E-state index contributed by atoms with van der Waals surface area (Å²) in [5.74, 6) is 1.10. The molecule has 0 atom stereocenters. The molecule has 0 saturated heterocycles. The van der Waals surface area contributed by atoms with Gasteiger partial charge in [-0.15, -0.1) is 0 Å². The molecule has 1 heterocycles. The zero-order chi connectivity index (χ0) is 92.8. The number of primary amides is 1. The van der Waals surface area contributed by atoms with Crippen LogP contribution in [-0.4, -0.2) is 19.1 Å². The van der Waals surface area contributed by atoms with E-state index in [1.165, 1.54) is 103 Å². The average molecular weight is 1670 g/mol. The van der Waals surface area contributed by atoms with Gasteiger partial charge < -0.3 is 15.2 Å². The fourth-order valence-corrected chi connectivity index (χ4v) is 11.8. The Bertz CT molecular complexity index is 4570. The van der Waals surface area contributed by atoms with Gasteiger partial charge in [-0.05, 0) is 185 Å². The third-order valence-corrected chi connectivity index (χ3v) is 20.1. The average Bonchev–Trinajstić information content (AvgIpc) is 0.788. The highest BCUT2D eigenvalue weighted by molar-refractivity contribution is 5.92. The van der Waals surface area contributed by atoms with Gasteiger partial charge in [-0.25, -0.2) is 8.78 Å². The molecule has 0 spiro atoms. The van der Waals surface area contributed by atoms with Gasteiger partial charge >= 0.3 is 6.18 Å². The minimum Gasteiger partial charge on any atom is -0.486 e. The van der Waals surface area contributed by atoms with Crippen LogP contribution in [0.5, 0.6) is 11.5 Å². The number of alkyl halides is 3. The van der Waals surface area contributed by atoms with Crippen LogP contribution in [0.2, 0.25) is 0 Å². The SMILES string of the molecule is CC(C)(C)c1ccc(-c2ccccc2)cc1.CC(C)(C)c1ccc(C(N)=O)cc1.CC(C)(C)c1ccc(F)cc1.CC(C)(C)c1cccc(C(F)(F)F)c1.CC(C)(C)c1cccc(F)c1.CC(C)(C)c1cccc2c1OCCO2.CC(C)(C)c1ccccc1.Cc1ccc(C(C)(C)C)cc1.Cc1ccc(C(C)(C)C)cc1.Cc1ccc(C(C)(C)C)cc1. The Balaban J connectivity index is 0.000000351. The van der Waals surface area contributed by atoms with E-state index in [-0.39, 0.29) is 66.3 Å². The number of hydrogen-bond donors (Lipinski definition) is 1. The Hall–Kier alpha value is -9.86. The van der Waals surface area contributed by atoms with E-state index < -0.39 is 11.7 Å². The monoisotopic (exact) mass is 1660 g/mol. The number of benzene rings is 11. The zero-order valence-electron chi connectivity index (χ0n) is 80.6. The Morgan fingerprint density at radius 1 is 0.262 bits per heavy atom. The molecule has 1 aliphatic rings. The summed E-state index contributed by atoms with van der Waals surface area (Å²) in [5, 5.41) is 0. The number of aryl methyl sites for hydroxylation is 3. The lowest BCUT2D eigenvalue weighted by Crippen LogP contribution is -2.20.